The summed E-state index contributed by atoms with van der Waals surface area (Å²) in [6.45, 7) is 1.91. The monoisotopic (exact) mass is 267 g/mol. The number of benzene rings is 1. The van der Waals surface area contributed by atoms with Crippen molar-refractivity contribution in [1.29, 1.82) is 0 Å². The first-order valence-corrected chi connectivity index (χ1v) is 6.53. The Bertz CT molecular complexity index is 579. The third-order valence-corrected chi connectivity index (χ3v) is 2.91. The number of amides is 1. The highest BCUT2D eigenvalue weighted by molar-refractivity contribution is 5.95. The smallest absolute Gasteiger partial charge is 0.267 e. The van der Waals surface area contributed by atoms with Gasteiger partial charge in [-0.1, -0.05) is 30.3 Å². The molecule has 0 saturated heterocycles. The lowest BCUT2D eigenvalue weighted by Crippen LogP contribution is -2.19. The number of nitrogens with one attached hydrogen (secondary N) is 1. The molecule has 4 heteroatoms. The van der Waals surface area contributed by atoms with Gasteiger partial charge in [-0.25, -0.2) is 5.43 Å². The third kappa shape index (κ3) is 4.31. The summed E-state index contributed by atoms with van der Waals surface area (Å²) in [5, 5.41) is 4.11. The van der Waals surface area contributed by atoms with E-state index in [1.165, 1.54) is 5.56 Å². The van der Waals surface area contributed by atoms with Crippen molar-refractivity contribution >= 4 is 11.6 Å². The van der Waals surface area contributed by atoms with Gasteiger partial charge in [0.2, 0.25) is 0 Å². The number of carbonyl (C=O) groups is 1. The minimum atomic E-state index is -0.216. The maximum Gasteiger partial charge on any atom is 0.271 e. The zero-order valence-corrected chi connectivity index (χ0v) is 11.4. The van der Waals surface area contributed by atoms with Crippen molar-refractivity contribution in [2.75, 3.05) is 0 Å². The Labute approximate surface area is 118 Å². The van der Waals surface area contributed by atoms with E-state index in [-0.39, 0.29) is 5.91 Å². The molecule has 0 radical (unpaired) electrons. The van der Waals surface area contributed by atoms with Crippen LogP contribution in [0.25, 0.3) is 0 Å². The summed E-state index contributed by atoms with van der Waals surface area (Å²) in [6.07, 6.45) is 4.91. The third-order valence-electron chi connectivity index (χ3n) is 2.91. The van der Waals surface area contributed by atoms with E-state index in [0.717, 1.165) is 18.6 Å². The first-order chi connectivity index (χ1) is 9.75. The van der Waals surface area contributed by atoms with Gasteiger partial charge in [-0.3, -0.25) is 9.78 Å². The number of aromatic nitrogens is 1. The normalized spacial score (nSPS) is 11.2. The summed E-state index contributed by atoms with van der Waals surface area (Å²) < 4.78 is 0. The number of carbonyl (C=O) groups excluding carboxylic acids is 1. The van der Waals surface area contributed by atoms with Gasteiger partial charge in [-0.2, -0.15) is 5.10 Å². The highest BCUT2D eigenvalue weighted by Crippen LogP contribution is 2.03. The van der Waals surface area contributed by atoms with Crippen molar-refractivity contribution in [3.63, 3.8) is 0 Å². The van der Waals surface area contributed by atoms with Crippen molar-refractivity contribution in [3.05, 3.63) is 66.0 Å². The lowest BCUT2D eigenvalue weighted by Gasteiger charge is -2.03. The molecule has 0 aliphatic heterocycles. The molecule has 4 nitrogen and oxygen atoms in total. The van der Waals surface area contributed by atoms with Gasteiger partial charge in [-0.05, 0) is 37.5 Å². The second-order valence-electron chi connectivity index (χ2n) is 4.51. The molecule has 0 spiro atoms. The molecule has 2 aromatic rings. The van der Waals surface area contributed by atoms with Crippen LogP contribution in [0.2, 0.25) is 0 Å². The van der Waals surface area contributed by atoms with Gasteiger partial charge >= 0.3 is 0 Å². The van der Waals surface area contributed by atoms with E-state index >= 15 is 0 Å². The molecule has 1 N–H and O–H groups in total. The summed E-state index contributed by atoms with van der Waals surface area (Å²) in [5.41, 5.74) is 5.28. The van der Waals surface area contributed by atoms with Crippen molar-refractivity contribution in [1.82, 2.24) is 10.4 Å². The fraction of sp³-hybridized carbons (Fsp3) is 0.188. The van der Waals surface area contributed by atoms with E-state index in [0.29, 0.717) is 5.56 Å². The van der Waals surface area contributed by atoms with Crippen molar-refractivity contribution < 1.29 is 4.79 Å². The maximum absolute atomic E-state index is 11.8. The summed E-state index contributed by atoms with van der Waals surface area (Å²) >= 11 is 0. The van der Waals surface area contributed by atoms with Crippen LogP contribution >= 0.6 is 0 Å². The van der Waals surface area contributed by atoms with E-state index in [9.17, 15) is 4.79 Å². The van der Waals surface area contributed by atoms with Crippen LogP contribution in [0.3, 0.4) is 0 Å². The van der Waals surface area contributed by atoms with Gasteiger partial charge in [-0.15, -0.1) is 0 Å². The lowest BCUT2D eigenvalue weighted by atomic mass is 10.1. The van der Waals surface area contributed by atoms with E-state index in [2.05, 4.69) is 27.6 Å². The van der Waals surface area contributed by atoms with Crippen LogP contribution in [-0.2, 0) is 6.42 Å². The Balaban J connectivity index is 1.84. The molecule has 0 unspecified atom stereocenters. The first-order valence-electron chi connectivity index (χ1n) is 6.53. The fourth-order valence-corrected chi connectivity index (χ4v) is 1.74. The van der Waals surface area contributed by atoms with E-state index in [1.807, 2.05) is 25.1 Å². The molecular weight excluding hydrogens is 250 g/mol. The van der Waals surface area contributed by atoms with Crippen LogP contribution < -0.4 is 5.43 Å². The minimum Gasteiger partial charge on any atom is -0.267 e. The molecule has 0 fully saturated rings. The zero-order valence-electron chi connectivity index (χ0n) is 11.4. The second-order valence-corrected chi connectivity index (χ2v) is 4.51. The number of rotatable bonds is 5. The highest BCUT2D eigenvalue weighted by Gasteiger charge is 2.03. The largest absolute Gasteiger partial charge is 0.271 e. The van der Waals surface area contributed by atoms with Crippen LogP contribution in [0.4, 0.5) is 0 Å². The number of aryl methyl sites for hydroxylation is 1. The quantitative estimate of drug-likeness (QED) is 0.669. The van der Waals surface area contributed by atoms with Crippen molar-refractivity contribution in [2.45, 2.75) is 19.8 Å². The molecule has 2 rings (SSSR count). The molecule has 0 aliphatic rings. The van der Waals surface area contributed by atoms with Crippen LogP contribution in [0.5, 0.6) is 0 Å². The average molecular weight is 267 g/mol. The minimum absolute atomic E-state index is 0.216. The number of hydrogen-bond acceptors (Lipinski definition) is 3. The number of hydrogen-bond donors (Lipinski definition) is 1. The number of pyridine rings is 1. The van der Waals surface area contributed by atoms with E-state index < -0.39 is 0 Å². The Kier molecular flexibility index (Phi) is 5.00. The molecular formula is C16H17N3O. The van der Waals surface area contributed by atoms with Crippen molar-refractivity contribution in [3.8, 4) is 0 Å². The number of nitrogens with zero attached hydrogens (tertiary/aromatic N) is 2. The van der Waals surface area contributed by atoms with Crippen LogP contribution in [0.1, 0.15) is 29.3 Å². The summed E-state index contributed by atoms with van der Waals surface area (Å²) in [4.78, 5) is 15.6. The van der Waals surface area contributed by atoms with Gasteiger partial charge < -0.3 is 0 Å². The summed E-state index contributed by atoms with van der Waals surface area (Å²) in [5.74, 6) is -0.216. The SMILES string of the molecule is CC(CCc1ccccc1)=NNC(=O)c1ccncc1. The zero-order chi connectivity index (χ0) is 14.2. The molecule has 0 bridgehead atoms. The molecule has 1 heterocycles. The summed E-state index contributed by atoms with van der Waals surface area (Å²) in [7, 11) is 0. The molecule has 0 aliphatic carbocycles. The predicted molar refractivity (Wildman–Crippen MR) is 79.6 cm³/mol. The van der Waals surface area contributed by atoms with Gasteiger partial charge in [0.1, 0.15) is 0 Å². The molecule has 1 aromatic heterocycles. The lowest BCUT2D eigenvalue weighted by molar-refractivity contribution is 0.0954. The first kappa shape index (κ1) is 13.9. The maximum atomic E-state index is 11.8. The Morgan fingerprint density at radius 3 is 2.55 bits per heavy atom. The molecule has 1 aromatic carbocycles. The molecule has 1 amide bonds. The molecule has 0 saturated carbocycles. The van der Waals surface area contributed by atoms with Gasteiger partial charge in [0, 0.05) is 23.7 Å². The summed E-state index contributed by atoms with van der Waals surface area (Å²) in [6, 6.07) is 13.5. The molecule has 0 atom stereocenters. The van der Waals surface area contributed by atoms with Crippen LogP contribution in [0, 0.1) is 0 Å². The Morgan fingerprint density at radius 1 is 1.15 bits per heavy atom. The Morgan fingerprint density at radius 2 is 1.85 bits per heavy atom. The molecule has 20 heavy (non-hydrogen) atoms. The second kappa shape index (κ2) is 7.19. The van der Waals surface area contributed by atoms with E-state index in [4.69, 9.17) is 0 Å². The van der Waals surface area contributed by atoms with Gasteiger partial charge in [0.15, 0.2) is 0 Å². The van der Waals surface area contributed by atoms with Crippen molar-refractivity contribution in [2.24, 2.45) is 5.10 Å². The topological polar surface area (TPSA) is 54.4 Å². The van der Waals surface area contributed by atoms with Crippen LogP contribution in [0.15, 0.2) is 60.0 Å². The molecule has 102 valence electrons. The average Bonchev–Trinajstić information content (AvgIpc) is 2.52. The van der Waals surface area contributed by atoms with Crippen LogP contribution in [-0.4, -0.2) is 16.6 Å². The highest BCUT2D eigenvalue weighted by atomic mass is 16.2. The van der Waals surface area contributed by atoms with Gasteiger partial charge in [0.05, 0.1) is 0 Å². The Hall–Kier alpha value is -2.49. The van der Waals surface area contributed by atoms with E-state index in [1.54, 1.807) is 24.5 Å². The van der Waals surface area contributed by atoms with Gasteiger partial charge in [0.25, 0.3) is 5.91 Å². The fourth-order valence-electron chi connectivity index (χ4n) is 1.74. The predicted octanol–water partition coefficient (Wildman–Crippen LogP) is 2.82. The standard InChI is InChI=1S/C16H17N3O/c1-13(7-8-14-5-3-2-4-6-14)18-19-16(20)15-9-11-17-12-10-15/h2-6,9-12H,7-8H2,1H3,(H,19,20). The number of hydrazone groups is 1.